The highest BCUT2D eigenvalue weighted by molar-refractivity contribution is 7.99. The second kappa shape index (κ2) is 7.87. The second-order valence-corrected chi connectivity index (χ2v) is 6.34. The first-order valence-corrected chi connectivity index (χ1v) is 8.43. The first-order chi connectivity index (χ1) is 10.2. The van der Waals surface area contributed by atoms with Crippen molar-refractivity contribution < 1.29 is 0 Å². The number of anilines is 1. The molecule has 0 bridgehead atoms. The summed E-state index contributed by atoms with van der Waals surface area (Å²) in [7, 11) is 0. The van der Waals surface area contributed by atoms with E-state index in [1.807, 2.05) is 6.07 Å². The summed E-state index contributed by atoms with van der Waals surface area (Å²) in [5, 5.41) is 5.56. The van der Waals surface area contributed by atoms with Crippen LogP contribution in [-0.4, -0.2) is 16.5 Å². The van der Waals surface area contributed by atoms with Crippen molar-refractivity contribution in [1.82, 2.24) is 9.97 Å². The molecule has 3 nitrogen and oxygen atoms in total. The Morgan fingerprint density at radius 1 is 1.19 bits per heavy atom. The zero-order chi connectivity index (χ0) is 15.2. The van der Waals surface area contributed by atoms with Crippen molar-refractivity contribution in [2.45, 2.75) is 36.6 Å². The average Bonchev–Trinajstić information content (AvgIpc) is 2.46. The summed E-state index contributed by atoms with van der Waals surface area (Å²) in [4.78, 5) is 9.66. The molecule has 1 aromatic carbocycles. The van der Waals surface area contributed by atoms with Crippen LogP contribution in [0.25, 0.3) is 0 Å². The number of aromatic nitrogens is 2. The van der Waals surface area contributed by atoms with Crippen LogP contribution < -0.4 is 5.32 Å². The molecule has 1 heterocycles. The van der Waals surface area contributed by atoms with Gasteiger partial charge in [0.15, 0.2) is 0 Å². The van der Waals surface area contributed by atoms with Crippen LogP contribution in [0.4, 0.5) is 5.82 Å². The Labute approximate surface area is 139 Å². The van der Waals surface area contributed by atoms with Gasteiger partial charge in [-0.3, -0.25) is 0 Å². The largest absolute Gasteiger partial charge is 0.370 e. The predicted molar refractivity (Wildman–Crippen MR) is 90.8 cm³/mol. The maximum Gasteiger partial charge on any atom is 0.133 e. The lowest BCUT2D eigenvalue weighted by atomic mass is 10.2. The fourth-order valence-electron chi connectivity index (χ4n) is 1.94. The molecular weight excluding hydrogens is 325 g/mol. The fraction of sp³-hybridized carbons (Fsp3) is 0.333. The molecule has 2 aromatic rings. The van der Waals surface area contributed by atoms with Crippen LogP contribution in [0.1, 0.15) is 25.8 Å². The van der Waals surface area contributed by atoms with Crippen LogP contribution in [0.5, 0.6) is 0 Å². The highest BCUT2D eigenvalue weighted by atomic mass is 35.5. The Morgan fingerprint density at radius 2 is 2.00 bits per heavy atom. The quantitative estimate of drug-likeness (QED) is 0.721. The second-order valence-electron chi connectivity index (χ2n) is 4.46. The van der Waals surface area contributed by atoms with E-state index in [4.69, 9.17) is 23.2 Å². The van der Waals surface area contributed by atoms with E-state index in [0.29, 0.717) is 10.0 Å². The van der Waals surface area contributed by atoms with Gasteiger partial charge < -0.3 is 5.32 Å². The Balaban J connectivity index is 2.38. The number of nitrogens with zero attached hydrogens (tertiary/aromatic N) is 2. The molecule has 1 aromatic heterocycles. The van der Waals surface area contributed by atoms with Gasteiger partial charge >= 0.3 is 0 Å². The highest BCUT2D eigenvalue weighted by Gasteiger charge is 2.13. The summed E-state index contributed by atoms with van der Waals surface area (Å²) in [5.74, 6) is 0.898. The summed E-state index contributed by atoms with van der Waals surface area (Å²) in [5.41, 5.74) is 1.13. The Hall–Kier alpha value is -0.970. The number of halogens is 2. The van der Waals surface area contributed by atoms with Crippen LogP contribution in [0, 0.1) is 0 Å². The third kappa shape index (κ3) is 4.25. The summed E-state index contributed by atoms with van der Waals surface area (Å²) in [6, 6.07) is 5.45. The molecule has 0 atom stereocenters. The minimum Gasteiger partial charge on any atom is -0.370 e. The van der Waals surface area contributed by atoms with Crippen molar-refractivity contribution in [3.8, 4) is 0 Å². The lowest BCUT2D eigenvalue weighted by Crippen LogP contribution is -2.06. The first kappa shape index (κ1) is 16.4. The van der Waals surface area contributed by atoms with Gasteiger partial charge in [-0.15, -0.1) is 0 Å². The molecule has 0 unspecified atom stereocenters. The van der Waals surface area contributed by atoms with Gasteiger partial charge in [0, 0.05) is 22.0 Å². The van der Waals surface area contributed by atoms with Crippen molar-refractivity contribution in [2.24, 2.45) is 0 Å². The standard InChI is InChI=1S/C15H17Cl2N3S/c1-3-5-11-14(18-4-2)19-9-20-15(11)21-13-8-10(16)6-7-12(13)17/h6-9H,3-5H2,1-2H3,(H,18,19,20). The lowest BCUT2D eigenvalue weighted by molar-refractivity contribution is 0.855. The van der Waals surface area contributed by atoms with Gasteiger partial charge in [-0.05, 0) is 31.5 Å². The number of hydrogen-bond donors (Lipinski definition) is 1. The predicted octanol–water partition coefficient (Wildman–Crippen LogP) is 5.32. The molecule has 21 heavy (non-hydrogen) atoms. The number of nitrogens with one attached hydrogen (secondary N) is 1. The summed E-state index contributed by atoms with van der Waals surface area (Å²) in [6.45, 7) is 5.03. The molecule has 0 fully saturated rings. The molecular formula is C15H17Cl2N3S. The van der Waals surface area contributed by atoms with Gasteiger partial charge in [-0.25, -0.2) is 9.97 Å². The van der Waals surface area contributed by atoms with E-state index in [1.165, 1.54) is 11.8 Å². The van der Waals surface area contributed by atoms with E-state index in [0.717, 1.165) is 40.7 Å². The van der Waals surface area contributed by atoms with Crippen molar-refractivity contribution in [1.29, 1.82) is 0 Å². The molecule has 0 aliphatic carbocycles. The van der Waals surface area contributed by atoms with Crippen LogP contribution in [0.3, 0.4) is 0 Å². The first-order valence-electron chi connectivity index (χ1n) is 6.86. The third-order valence-electron chi connectivity index (χ3n) is 2.85. The zero-order valence-corrected chi connectivity index (χ0v) is 14.3. The SMILES string of the molecule is CCCc1c(NCC)ncnc1Sc1cc(Cl)ccc1Cl. The maximum absolute atomic E-state index is 6.24. The van der Waals surface area contributed by atoms with Crippen molar-refractivity contribution in [2.75, 3.05) is 11.9 Å². The van der Waals surface area contributed by atoms with Crippen molar-refractivity contribution in [3.05, 3.63) is 40.1 Å². The summed E-state index contributed by atoms with van der Waals surface area (Å²) >= 11 is 13.8. The van der Waals surface area contributed by atoms with Crippen LogP contribution in [0.2, 0.25) is 10.0 Å². The van der Waals surface area contributed by atoms with E-state index < -0.39 is 0 Å². The topological polar surface area (TPSA) is 37.8 Å². The molecule has 0 saturated carbocycles. The van der Waals surface area contributed by atoms with Gasteiger partial charge in [-0.1, -0.05) is 48.3 Å². The minimum atomic E-state index is 0.667. The Morgan fingerprint density at radius 3 is 2.71 bits per heavy atom. The number of hydrogen-bond acceptors (Lipinski definition) is 4. The Kier molecular flexibility index (Phi) is 6.15. The summed E-state index contributed by atoms with van der Waals surface area (Å²) in [6.07, 6.45) is 3.53. The maximum atomic E-state index is 6.24. The van der Waals surface area contributed by atoms with E-state index in [1.54, 1.807) is 18.5 Å². The zero-order valence-electron chi connectivity index (χ0n) is 12.0. The smallest absolute Gasteiger partial charge is 0.133 e. The van der Waals surface area contributed by atoms with E-state index in [9.17, 15) is 0 Å². The minimum absolute atomic E-state index is 0.667. The summed E-state index contributed by atoms with van der Waals surface area (Å²) < 4.78 is 0. The molecule has 0 aliphatic rings. The fourth-order valence-corrected chi connectivity index (χ4v) is 3.39. The molecule has 2 rings (SSSR count). The van der Waals surface area contributed by atoms with E-state index in [-0.39, 0.29) is 0 Å². The van der Waals surface area contributed by atoms with Gasteiger partial charge in [0.1, 0.15) is 17.2 Å². The Bertz CT molecular complexity index is 620. The van der Waals surface area contributed by atoms with Gasteiger partial charge in [-0.2, -0.15) is 0 Å². The normalized spacial score (nSPS) is 10.7. The molecule has 0 spiro atoms. The van der Waals surface area contributed by atoms with Gasteiger partial charge in [0.2, 0.25) is 0 Å². The molecule has 0 aliphatic heterocycles. The highest BCUT2D eigenvalue weighted by Crippen LogP contribution is 2.37. The van der Waals surface area contributed by atoms with Crippen LogP contribution in [0.15, 0.2) is 34.4 Å². The number of benzene rings is 1. The van der Waals surface area contributed by atoms with E-state index in [2.05, 4.69) is 29.1 Å². The molecule has 0 radical (unpaired) electrons. The number of rotatable bonds is 6. The third-order valence-corrected chi connectivity index (χ3v) is 4.63. The molecule has 112 valence electrons. The van der Waals surface area contributed by atoms with Crippen molar-refractivity contribution >= 4 is 40.8 Å². The van der Waals surface area contributed by atoms with E-state index >= 15 is 0 Å². The monoisotopic (exact) mass is 341 g/mol. The lowest BCUT2D eigenvalue weighted by Gasteiger charge is -2.13. The van der Waals surface area contributed by atoms with Crippen molar-refractivity contribution in [3.63, 3.8) is 0 Å². The molecule has 1 N–H and O–H groups in total. The molecule has 6 heteroatoms. The average molecular weight is 342 g/mol. The van der Waals surface area contributed by atoms with Crippen LogP contribution in [-0.2, 0) is 6.42 Å². The van der Waals surface area contributed by atoms with Crippen LogP contribution >= 0.6 is 35.0 Å². The van der Waals surface area contributed by atoms with Gasteiger partial charge in [0.05, 0.1) is 5.02 Å². The molecule has 0 saturated heterocycles. The molecule has 0 amide bonds. The van der Waals surface area contributed by atoms with Gasteiger partial charge in [0.25, 0.3) is 0 Å².